The van der Waals surface area contributed by atoms with Gasteiger partial charge in [0.25, 0.3) is 0 Å². The molecule has 0 aliphatic carbocycles. The Bertz CT molecular complexity index is 383. The van der Waals surface area contributed by atoms with Gasteiger partial charge in [0.15, 0.2) is 0 Å². The van der Waals surface area contributed by atoms with Crippen LogP contribution in [0.2, 0.25) is 0 Å². The quantitative estimate of drug-likeness (QED) is 0.451. The summed E-state index contributed by atoms with van der Waals surface area (Å²) in [6.45, 7) is 0.109. The average molecular weight is 220 g/mol. The summed E-state index contributed by atoms with van der Waals surface area (Å²) in [4.78, 5) is 13.1. The van der Waals surface area contributed by atoms with Gasteiger partial charge in [-0.3, -0.25) is 0 Å². The van der Waals surface area contributed by atoms with Crippen molar-refractivity contribution in [3.63, 3.8) is 0 Å². The normalized spacial score (nSPS) is 11.2. The lowest BCUT2D eigenvalue weighted by Gasteiger charge is -2.14. The Kier molecular flexibility index (Phi) is 4.69. The van der Waals surface area contributed by atoms with Crippen LogP contribution in [0.25, 0.3) is 10.4 Å². The van der Waals surface area contributed by atoms with Crippen molar-refractivity contribution in [2.75, 3.05) is 6.54 Å². The van der Waals surface area contributed by atoms with Gasteiger partial charge in [0.05, 0.1) is 0 Å². The molecule has 84 valence electrons. The first-order valence-corrected chi connectivity index (χ1v) is 4.76. The number of carboxylic acid groups (broad SMARTS) is 1. The van der Waals surface area contributed by atoms with Crippen LogP contribution in [0.15, 0.2) is 35.4 Å². The minimum atomic E-state index is -1.12. The molecule has 2 N–H and O–H groups in total. The van der Waals surface area contributed by atoms with Crippen LogP contribution in [-0.4, -0.2) is 23.8 Å². The first-order valence-electron chi connectivity index (χ1n) is 4.76. The van der Waals surface area contributed by atoms with E-state index in [4.69, 9.17) is 10.6 Å². The second kappa shape index (κ2) is 6.31. The molecule has 1 aromatic rings. The zero-order valence-electron chi connectivity index (χ0n) is 8.58. The van der Waals surface area contributed by atoms with Crippen molar-refractivity contribution in [1.82, 2.24) is 5.32 Å². The van der Waals surface area contributed by atoms with Gasteiger partial charge >= 0.3 is 6.09 Å². The van der Waals surface area contributed by atoms with E-state index >= 15 is 0 Å². The molecule has 0 radical (unpaired) electrons. The molecular weight excluding hydrogens is 208 g/mol. The summed E-state index contributed by atoms with van der Waals surface area (Å²) < 4.78 is 0. The number of hydrogen-bond donors (Lipinski definition) is 2. The van der Waals surface area contributed by atoms with Crippen molar-refractivity contribution < 1.29 is 9.90 Å². The van der Waals surface area contributed by atoms with Gasteiger partial charge in [0.1, 0.15) is 0 Å². The highest BCUT2D eigenvalue weighted by Gasteiger charge is 2.10. The second-order valence-corrected chi connectivity index (χ2v) is 3.25. The predicted molar refractivity (Wildman–Crippen MR) is 59.1 cm³/mol. The fraction of sp³-hybridized carbons (Fsp3) is 0.300. The highest BCUT2D eigenvalue weighted by molar-refractivity contribution is 5.64. The Hall–Kier alpha value is -2.20. The number of rotatable bonds is 5. The van der Waals surface area contributed by atoms with Crippen molar-refractivity contribution >= 4 is 6.09 Å². The molecule has 0 fully saturated rings. The van der Waals surface area contributed by atoms with Gasteiger partial charge in [-0.25, -0.2) is 4.79 Å². The van der Waals surface area contributed by atoms with E-state index in [2.05, 4.69) is 15.3 Å². The molecule has 1 amide bonds. The maximum atomic E-state index is 10.5. The van der Waals surface area contributed by atoms with Gasteiger partial charge in [0.2, 0.25) is 0 Å². The first kappa shape index (κ1) is 11.9. The van der Waals surface area contributed by atoms with Crippen LogP contribution < -0.4 is 5.32 Å². The van der Waals surface area contributed by atoms with Crippen LogP contribution in [-0.2, 0) is 6.42 Å². The summed E-state index contributed by atoms with van der Waals surface area (Å²) in [5.74, 6) is 0. The van der Waals surface area contributed by atoms with E-state index in [-0.39, 0.29) is 6.54 Å². The van der Waals surface area contributed by atoms with Gasteiger partial charge in [-0.05, 0) is 17.5 Å². The smallest absolute Gasteiger partial charge is 0.404 e. The Morgan fingerprint density at radius 2 is 2.19 bits per heavy atom. The maximum Gasteiger partial charge on any atom is 0.404 e. The second-order valence-electron chi connectivity index (χ2n) is 3.25. The van der Waals surface area contributed by atoms with Crippen LogP contribution in [0.1, 0.15) is 5.56 Å². The van der Waals surface area contributed by atoms with E-state index in [0.717, 1.165) is 5.56 Å². The molecule has 0 spiro atoms. The third-order valence-electron chi connectivity index (χ3n) is 2.02. The summed E-state index contributed by atoms with van der Waals surface area (Å²) in [7, 11) is 0. The minimum absolute atomic E-state index is 0.109. The summed E-state index contributed by atoms with van der Waals surface area (Å²) in [5.41, 5.74) is 9.19. The van der Waals surface area contributed by atoms with Gasteiger partial charge in [-0.1, -0.05) is 35.4 Å². The Balaban J connectivity index is 2.62. The lowest BCUT2D eigenvalue weighted by molar-refractivity contribution is 0.190. The van der Waals surface area contributed by atoms with E-state index in [0.29, 0.717) is 6.42 Å². The van der Waals surface area contributed by atoms with Crippen LogP contribution in [0.5, 0.6) is 0 Å². The number of nitrogens with one attached hydrogen (secondary N) is 1. The van der Waals surface area contributed by atoms with E-state index < -0.39 is 12.1 Å². The van der Waals surface area contributed by atoms with Gasteiger partial charge in [0, 0.05) is 17.5 Å². The Morgan fingerprint density at radius 1 is 1.50 bits per heavy atom. The summed E-state index contributed by atoms with van der Waals surface area (Å²) >= 11 is 0. The summed E-state index contributed by atoms with van der Waals surface area (Å²) in [5, 5.41) is 14.3. The lowest BCUT2D eigenvalue weighted by atomic mass is 10.1. The molecule has 6 nitrogen and oxygen atoms in total. The Morgan fingerprint density at radius 3 is 2.75 bits per heavy atom. The molecule has 6 heteroatoms. The van der Waals surface area contributed by atoms with Crippen molar-refractivity contribution in [3.05, 3.63) is 46.3 Å². The highest BCUT2D eigenvalue weighted by Crippen LogP contribution is 2.03. The number of azide groups is 1. The number of carbonyl (C=O) groups is 1. The zero-order valence-corrected chi connectivity index (χ0v) is 8.58. The molecule has 0 aromatic heterocycles. The number of benzene rings is 1. The van der Waals surface area contributed by atoms with E-state index in [9.17, 15) is 4.79 Å². The average Bonchev–Trinajstić information content (AvgIpc) is 2.26. The SMILES string of the molecule is [N-]=[N+]=NCC(Cc1ccccc1)NC(=O)O. The molecule has 0 bridgehead atoms. The fourth-order valence-electron chi connectivity index (χ4n) is 1.37. The van der Waals surface area contributed by atoms with Crippen LogP contribution >= 0.6 is 0 Å². The standard InChI is InChI=1S/C10H12N4O2/c11-14-12-7-9(13-10(15)16)6-8-4-2-1-3-5-8/h1-5,9,13H,6-7H2,(H,15,16). The lowest BCUT2D eigenvalue weighted by Crippen LogP contribution is -2.37. The fourth-order valence-corrected chi connectivity index (χ4v) is 1.37. The largest absolute Gasteiger partial charge is 0.465 e. The van der Waals surface area contributed by atoms with Crippen molar-refractivity contribution in [3.8, 4) is 0 Å². The molecule has 16 heavy (non-hydrogen) atoms. The van der Waals surface area contributed by atoms with Gasteiger partial charge in [-0.15, -0.1) is 0 Å². The molecule has 0 saturated heterocycles. The third-order valence-corrected chi connectivity index (χ3v) is 2.02. The topological polar surface area (TPSA) is 98.1 Å². The molecule has 1 unspecified atom stereocenters. The van der Waals surface area contributed by atoms with Gasteiger partial charge in [-0.2, -0.15) is 0 Å². The third kappa shape index (κ3) is 4.34. The number of nitrogens with zero attached hydrogens (tertiary/aromatic N) is 3. The maximum absolute atomic E-state index is 10.5. The van der Waals surface area contributed by atoms with Crippen molar-refractivity contribution in [2.45, 2.75) is 12.5 Å². The van der Waals surface area contributed by atoms with Crippen LogP contribution in [0.4, 0.5) is 4.79 Å². The molecule has 0 aliphatic rings. The molecule has 0 aliphatic heterocycles. The number of amides is 1. The predicted octanol–water partition coefficient (Wildman–Crippen LogP) is 2.18. The first-order chi connectivity index (χ1) is 7.72. The molecule has 0 saturated carbocycles. The van der Waals surface area contributed by atoms with Crippen molar-refractivity contribution in [2.24, 2.45) is 5.11 Å². The minimum Gasteiger partial charge on any atom is -0.465 e. The Labute approximate surface area is 92.5 Å². The monoisotopic (exact) mass is 220 g/mol. The molecule has 1 atom stereocenters. The summed E-state index contributed by atoms with van der Waals surface area (Å²) in [6.07, 6.45) is -0.610. The molecule has 1 aromatic carbocycles. The summed E-state index contributed by atoms with van der Waals surface area (Å²) in [6, 6.07) is 9.04. The van der Waals surface area contributed by atoms with Crippen molar-refractivity contribution in [1.29, 1.82) is 0 Å². The van der Waals surface area contributed by atoms with E-state index in [1.165, 1.54) is 0 Å². The van der Waals surface area contributed by atoms with E-state index in [1.54, 1.807) is 0 Å². The highest BCUT2D eigenvalue weighted by atomic mass is 16.4. The number of hydrogen-bond acceptors (Lipinski definition) is 2. The van der Waals surface area contributed by atoms with E-state index in [1.807, 2.05) is 30.3 Å². The zero-order chi connectivity index (χ0) is 11.8. The van der Waals surface area contributed by atoms with Gasteiger partial charge < -0.3 is 10.4 Å². The molecule has 0 heterocycles. The molecular formula is C10H12N4O2. The van der Waals surface area contributed by atoms with Crippen LogP contribution in [0, 0.1) is 0 Å². The van der Waals surface area contributed by atoms with Crippen LogP contribution in [0.3, 0.4) is 0 Å². The molecule has 1 rings (SSSR count).